The molecule has 2 heterocycles. The monoisotopic (exact) mass is 484 g/mol. The molecule has 4 N–H and O–H groups in total. The van der Waals surface area contributed by atoms with E-state index in [2.05, 4.69) is 25.9 Å². The van der Waals surface area contributed by atoms with Crippen LogP contribution in [0.15, 0.2) is 76.4 Å². The maximum Gasteiger partial charge on any atom is 0.330 e. The Hall–Kier alpha value is -4.73. The Morgan fingerprint density at radius 2 is 1.67 bits per heavy atom. The molecular formula is C26H24N6O4. The van der Waals surface area contributed by atoms with Gasteiger partial charge in [-0.1, -0.05) is 30.3 Å². The molecule has 1 atom stereocenters. The molecule has 0 saturated heterocycles. The molecule has 0 unspecified atom stereocenters. The number of rotatable bonds is 6. The van der Waals surface area contributed by atoms with E-state index in [-0.39, 0.29) is 34.7 Å². The summed E-state index contributed by atoms with van der Waals surface area (Å²) in [6.45, 7) is 1.83. The highest BCUT2D eigenvalue weighted by molar-refractivity contribution is 5.99. The minimum absolute atomic E-state index is 0.0333. The molecule has 0 spiro atoms. The molecule has 1 aliphatic rings. The fraction of sp³-hybridized carbons (Fsp3) is 0.192. The second kappa shape index (κ2) is 9.49. The van der Waals surface area contributed by atoms with Crippen LogP contribution in [0.1, 0.15) is 47.8 Å². The van der Waals surface area contributed by atoms with E-state index in [0.717, 1.165) is 18.4 Å². The van der Waals surface area contributed by atoms with Crippen molar-refractivity contribution in [3.05, 3.63) is 98.8 Å². The first-order chi connectivity index (χ1) is 17.4. The second-order valence-electron chi connectivity index (χ2n) is 8.72. The summed E-state index contributed by atoms with van der Waals surface area (Å²) in [6.07, 6.45) is 3.09. The molecule has 1 saturated carbocycles. The molecule has 36 heavy (non-hydrogen) atoms. The van der Waals surface area contributed by atoms with Gasteiger partial charge < -0.3 is 16.0 Å². The molecule has 182 valence electrons. The molecule has 2 aromatic carbocycles. The quantitative estimate of drug-likeness (QED) is 0.332. The van der Waals surface area contributed by atoms with Gasteiger partial charge in [0, 0.05) is 23.6 Å². The van der Waals surface area contributed by atoms with Crippen molar-refractivity contribution in [3.8, 4) is 0 Å². The third-order valence-electron chi connectivity index (χ3n) is 6.00. The first kappa shape index (κ1) is 23.0. The number of H-pyrrole nitrogens is 1. The van der Waals surface area contributed by atoms with Crippen LogP contribution in [-0.2, 0) is 0 Å². The van der Waals surface area contributed by atoms with Crippen LogP contribution in [0.2, 0.25) is 0 Å². The summed E-state index contributed by atoms with van der Waals surface area (Å²) in [6, 6.07) is 17.0. The Balaban J connectivity index is 1.26. The van der Waals surface area contributed by atoms with Crippen molar-refractivity contribution in [2.24, 2.45) is 0 Å². The smallest absolute Gasteiger partial charge is 0.330 e. The molecule has 0 bridgehead atoms. The summed E-state index contributed by atoms with van der Waals surface area (Å²) in [5, 5.41) is 8.60. The zero-order chi connectivity index (χ0) is 25.2. The number of aromatic nitrogens is 3. The minimum atomic E-state index is -0.568. The standard InChI is InChI=1S/C26H24N6O4/c1-15(16-7-9-19(10-8-16)30-25(35)29-18-5-3-2-4-6-18)28-23(33)17-13-21-22(27-14-17)32(20-11-12-20)26(36)31-24(21)34/h2-10,13-15,20H,11-12H2,1H3,(H,28,33)(H2,29,30,35)(H,31,34,36)/t15-/m0/s1. The lowest BCUT2D eigenvalue weighted by Crippen LogP contribution is -2.31. The maximum absolute atomic E-state index is 12.9. The fourth-order valence-corrected chi connectivity index (χ4v) is 3.97. The Morgan fingerprint density at radius 3 is 2.33 bits per heavy atom. The highest BCUT2D eigenvalue weighted by Crippen LogP contribution is 2.34. The van der Waals surface area contributed by atoms with Gasteiger partial charge in [0.25, 0.3) is 11.5 Å². The normalized spacial score (nSPS) is 13.7. The fourth-order valence-electron chi connectivity index (χ4n) is 3.97. The Morgan fingerprint density at radius 1 is 1.00 bits per heavy atom. The third kappa shape index (κ3) is 4.88. The lowest BCUT2D eigenvalue weighted by atomic mass is 10.1. The predicted molar refractivity (Wildman–Crippen MR) is 136 cm³/mol. The van der Waals surface area contributed by atoms with Crippen LogP contribution in [0, 0.1) is 0 Å². The molecular weight excluding hydrogens is 460 g/mol. The largest absolute Gasteiger partial charge is 0.345 e. The van der Waals surface area contributed by atoms with Crippen LogP contribution in [0.25, 0.3) is 11.0 Å². The summed E-state index contributed by atoms with van der Waals surface area (Å²) >= 11 is 0. The highest BCUT2D eigenvalue weighted by atomic mass is 16.2. The van der Waals surface area contributed by atoms with Crippen molar-refractivity contribution < 1.29 is 9.59 Å². The van der Waals surface area contributed by atoms with Crippen LogP contribution in [-0.4, -0.2) is 26.5 Å². The van der Waals surface area contributed by atoms with E-state index in [0.29, 0.717) is 11.4 Å². The summed E-state index contributed by atoms with van der Waals surface area (Å²) in [5.74, 6) is -0.398. The van der Waals surface area contributed by atoms with Crippen molar-refractivity contribution >= 4 is 34.3 Å². The van der Waals surface area contributed by atoms with Gasteiger partial charge in [-0.15, -0.1) is 0 Å². The molecule has 1 fully saturated rings. The number of hydrogen-bond donors (Lipinski definition) is 4. The molecule has 10 nitrogen and oxygen atoms in total. The van der Waals surface area contributed by atoms with Gasteiger partial charge in [0.15, 0.2) is 0 Å². The SMILES string of the molecule is C[C@H](NC(=O)c1cnc2c(c1)c(=O)[nH]c(=O)n2C1CC1)c1ccc(NC(=O)Nc2ccccc2)cc1. The lowest BCUT2D eigenvalue weighted by molar-refractivity contribution is 0.0939. The van der Waals surface area contributed by atoms with Crippen LogP contribution in [0.4, 0.5) is 16.2 Å². The number of urea groups is 1. The average Bonchev–Trinajstić information content (AvgIpc) is 3.70. The third-order valence-corrected chi connectivity index (χ3v) is 6.00. The number of amides is 3. The molecule has 5 rings (SSSR count). The van der Waals surface area contributed by atoms with Gasteiger partial charge in [-0.25, -0.2) is 14.6 Å². The van der Waals surface area contributed by atoms with Crippen molar-refractivity contribution in [1.29, 1.82) is 0 Å². The number of nitrogens with zero attached hydrogens (tertiary/aromatic N) is 2. The first-order valence-electron chi connectivity index (χ1n) is 11.6. The topological polar surface area (TPSA) is 138 Å². The number of carbonyl (C=O) groups is 2. The summed E-state index contributed by atoms with van der Waals surface area (Å²) in [7, 11) is 0. The van der Waals surface area contributed by atoms with E-state index < -0.39 is 17.2 Å². The van der Waals surface area contributed by atoms with Crippen LogP contribution in [0.5, 0.6) is 0 Å². The van der Waals surface area contributed by atoms with Gasteiger partial charge in [0.2, 0.25) is 0 Å². The van der Waals surface area contributed by atoms with E-state index in [1.54, 1.807) is 36.4 Å². The van der Waals surface area contributed by atoms with Gasteiger partial charge in [0.1, 0.15) is 5.65 Å². The number of carbonyl (C=O) groups excluding carboxylic acids is 2. The van der Waals surface area contributed by atoms with Gasteiger partial charge in [-0.2, -0.15) is 0 Å². The number of para-hydroxylation sites is 1. The molecule has 0 radical (unpaired) electrons. The first-order valence-corrected chi connectivity index (χ1v) is 11.6. The van der Waals surface area contributed by atoms with Crippen LogP contribution < -0.4 is 27.2 Å². The molecule has 3 amide bonds. The molecule has 2 aromatic heterocycles. The Labute approximate surface area is 205 Å². The zero-order valence-corrected chi connectivity index (χ0v) is 19.4. The summed E-state index contributed by atoms with van der Waals surface area (Å²) in [4.78, 5) is 56.2. The molecule has 10 heteroatoms. The van der Waals surface area contributed by atoms with Crippen LogP contribution in [0.3, 0.4) is 0 Å². The highest BCUT2D eigenvalue weighted by Gasteiger charge is 2.28. The minimum Gasteiger partial charge on any atom is -0.345 e. The number of anilines is 2. The Kier molecular flexibility index (Phi) is 6.07. The van der Waals surface area contributed by atoms with Gasteiger partial charge in [-0.3, -0.25) is 19.1 Å². The number of fused-ring (bicyclic) bond motifs is 1. The van der Waals surface area contributed by atoms with E-state index in [9.17, 15) is 19.2 Å². The van der Waals surface area contributed by atoms with Crippen molar-refractivity contribution in [1.82, 2.24) is 19.9 Å². The van der Waals surface area contributed by atoms with Crippen LogP contribution >= 0.6 is 0 Å². The summed E-state index contributed by atoms with van der Waals surface area (Å²) in [5.41, 5.74) is 1.57. The van der Waals surface area contributed by atoms with Crippen molar-refractivity contribution in [2.75, 3.05) is 10.6 Å². The van der Waals surface area contributed by atoms with Crippen molar-refractivity contribution in [2.45, 2.75) is 31.8 Å². The molecule has 1 aliphatic carbocycles. The average molecular weight is 485 g/mol. The zero-order valence-electron chi connectivity index (χ0n) is 19.4. The van der Waals surface area contributed by atoms with E-state index >= 15 is 0 Å². The predicted octanol–water partition coefficient (Wildman–Crippen LogP) is 3.55. The second-order valence-corrected chi connectivity index (χ2v) is 8.72. The van der Waals surface area contributed by atoms with E-state index in [1.807, 2.05) is 25.1 Å². The lowest BCUT2D eigenvalue weighted by Gasteiger charge is -2.15. The Bertz CT molecular complexity index is 1560. The number of aromatic amines is 1. The van der Waals surface area contributed by atoms with Crippen molar-refractivity contribution in [3.63, 3.8) is 0 Å². The molecule has 0 aliphatic heterocycles. The number of pyridine rings is 1. The van der Waals surface area contributed by atoms with Gasteiger partial charge in [-0.05, 0) is 55.7 Å². The van der Waals surface area contributed by atoms with Gasteiger partial charge in [0.05, 0.1) is 17.0 Å². The van der Waals surface area contributed by atoms with Gasteiger partial charge >= 0.3 is 11.7 Å². The number of benzene rings is 2. The number of nitrogens with one attached hydrogen (secondary N) is 4. The summed E-state index contributed by atoms with van der Waals surface area (Å²) < 4.78 is 1.48. The molecule has 4 aromatic rings. The maximum atomic E-state index is 12.9. The number of hydrogen-bond acceptors (Lipinski definition) is 5. The van der Waals surface area contributed by atoms with E-state index in [1.165, 1.54) is 16.8 Å². The van der Waals surface area contributed by atoms with E-state index in [4.69, 9.17) is 0 Å².